The highest BCUT2D eigenvalue weighted by Crippen LogP contribution is 2.29. The molecule has 0 spiro atoms. The van der Waals surface area contributed by atoms with E-state index in [-0.39, 0.29) is 0 Å². The predicted molar refractivity (Wildman–Crippen MR) is 82.9 cm³/mol. The van der Waals surface area contributed by atoms with Crippen molar-refractivity contribution in [3.05, 3.63) is 53.7 Å². The Morgan fingerprint density at radius 3 is 2.84 bits per heavy atom. The third-order valence-corrected chi connectivity index (χ3v) is 5.02. The van der Waals surface area contributed by atoms with Gasteiger partial charge in [-0.3, -0.25) is 0 Å². The van der Waals surface area contributed by atoms with Gasteiger partial charge < -0.3 is 0 Å². The van der Waals surface area contributed by atoms with Crippen molar-refractivity contribution in [2.24, 2.45) is 0 Å². The molecule has 2 nitrogen and oxygen atoms in total. The molecule has 3 aromatic rings. The van der Waals surface area contributed by atoms with Crippen molar-refractivity contribution < 1.29 is 0 Å². The zero-order chi connectivity index (χ0) is 12.9. The zero-order valence-corrected chi connectivity index (χ0v) is 12.1. The van der Waals surface area contributed by atoms with Crippen LogP contribution in [0.15, 0.2) is 53.1 Å². The molecular formula is C15H14N2S2. The van der Waals surface area contributed by atoms with Crippen LogP contribution in [0.25, 0.3) is 10.2 Å². The van der Waals surface area contributed by atoms with E-state index in [0.717, 1.165) is 22.7 Å². The van der Waals surface area contributed by atoms with E-state index >= 15 is 0 Å². The summed E-state index contributed by atoms with van der Waals surface area (Å²) < 4.78 is 1.22. The second-order valence-electron chi connectivity index (χ2n) is 4.25. The van der Waals surface area contributed by atoms with Gasteiger partial charge in [0, 0.05) is 0 Å². The van der Waals surface area contributed by atoms with Crippen LogP contribution in [0, 0.1) is 0 Å². The van der Waals surface area contributed by atoms with Gasteiger partial charge >= 0.3 is 0 Å². The monoisotopic (exact) mass is 286 g/mol. The Kier molecular flexibility index (Phi) is 4.10. The summed E-state index contributed by atoms with van der Waals surface area (Å²) in [6.07, 6.45) is 3.96. The maximum Gasteiger partial charge on any atom is 0.117 e. The Labute approximate surface area is 120 Å². The number of hydrogen-bond donors (Lipinski definition) is 0. The van der Waals surface area contributed by atoms with Crippen molar-refractivity contribution in [1.29, 1.82) is 0 Å². The lowest BCUT2D eigenvalue weighted by Crippen LogP contribution is -1.89. The van der Waals surface area contributed by atoms with Crippen LogP contribution in [0.3, 0.4) is 0 Å². The van der Waals surface area contributed by atoms with Crippen LogP contribution in [-0.2, 0) is 6.42 Å². The maximum absolute atomic E-state index is 4.39. The van der Waals surface area contributed by atoms with Crippen LogP contribution >= 0.6 is 23.1 Å². The number of fused-ring (bicyclic) bond motifs is 1. The molecule has 0 radical (unpaired) electrons. The third kappa shape index (κ3) is 3.14. The van der Waals surface area contributed by atoms with Crippen molar-refractivity contribution in [2.75, 3.05) is 5.75 Å². The molecule has 0 saturated carbocycles. The van der Waals surface area contributed by atoms with Crippen molar-refractivity contribution in [3.8, 4) is 0 Å². The van der Waals surface area contributed by atoms with Crippen LogP contribution < -0.4 is 0 Å². The summed E-state index contributed by atoms with van der Waals surface area (Å²) in [7, 11) is 0. The minimum absolute atomic E-state index is 1.06. The molecule has 4 heteroatoms. The van der Waals surface area contributed by atoms with E-state index in [4.69, 9.17) is 0 Å². The molecule has 0 N–H and O–H groups in total. The highest BCUT2D eigenvalue weighted by Gasteiger charge is 2.05. The van der Waals surface area contributed by atoms with E-state index in [1.807, 2.05) is 11.8 Å². The summed E-state index contributed by atoms with van der Waals surface area (Å²) in [6.45, 7) is 0. The van der Waals surface area contributed by atoms with Gasteiger partial charge in [-0.1, -0.05) is 30.3 Å². The van der Waals surface area contributed by atoms with E-state index in [1.165, 1.54) is 16.7 Å². The SMILES string of the molecule is c1ccc(CCCSc2ncnc3ccsc23)cc1. The highest BCUT2D eigenvalue weighted by molar-refractivity contribution is 7.99. The van der Waals surface area contributed by atoms with Crippen LogP contribution in [0.1, 0.15) is 12.0 Å². The molecule has 0 unspecified atom stereocenters. The molecule has 96 valence electrons. The third-order valence-electron chi connectivity index (χ3n) is 2.90. The number of aromatic nitrogens is 2. The van der Waals surface area contributed by atoms with Gasteiger partial charge in [-0.05, 0) is 35.6 Å². The normalized spacial score (nSPS) is 10.9. The molecule has 2 heterocycles. The predicted octanol–water partition coefficient (Wildman–Crippen LogP) is 4.42. The van der Waals surface area contributed by atoms with Crippen LogP contribution in [0.5, 0.6) is 0 Å². The van der Waals surface area contributed by atoms with Gasteiger partial charge in [-0.25, -0.2) is 9.97 Å². The molecule has 2 aromatic heterocycles. The van der Waals surface area contributed by atoms with Gasteiger partial charge in [0.05, 0.1) is 10.2 Å². The molecule has 3 rings (SSSR count). The minimum atomic E-state index is 1.06. The lowest BCUT2D eigenvalue weighted by atomic mass is 10.1. The van der Waals surface area contributed by atoms with Gasteiger partial charge in [0.2, 0.25) is 0 Å². The molecular weight excluding hydrogens is 272 g/mol. The molecule has 19 heavy (non-hydrogen) atoms. The van der Waals surface area contributed by atoms with Gasteiger partial charge in [0.25, 0.3) is 0 Å². The minimum Gasteiger partial charge on any atom is -0.235 e. The molecule has 0 aliphatic carbocycles. The number of benzene rings is 1. The maximum atomic E-state index is 4.39. The van der Waals surface area contributed by atoms with E-state index in [9.17, 15) is 0 Å². The first-order valence-corrected chi connectivity index (χ1v) is 8.15. The van der Waals surface area contributed by atoms with Crippen molar-refractivity contribution in [3.63, 3.8) is 0 Å². The van der Waals surface area contributed by atoms with E-state index in [2.05, 4.69) is 51.7 Å². The van der Waals surface area contributed by atoms with Crippen LogP contribution in [0.2, 0.25) is 0 Å². The first kappa shape index (κ1) is 12.6. The zero-order valence-electron chi connectivity index (χ0n) is 10.5. The first-order valence-electron chi connectivity index (χ1n) is 6.28. The number of aryl methyl sites for hydroxylation is 1. The number of thioether (sulfide) groups is 1. The smallest absolute Gasteiger partial charge is 0.117 e. The summed E-state index contributed by atoms with van der Waals surface area (Å²) in [5.74, 6) is 1.10. The summed E-state index contributed by atoms with van der Waals surface area (Å²) in [5, 5.41) is 3.20. The molecule has 0 aliphatic rings. The molecule has 0 atom stereocenters. The molecule has 0 fully saturated rings. The lowest BCUT2D eigenvalue weighted by molar-refractivity contribution is 0.931. The molecule has 1 aromatic carbocycles. The summed E-state index contributed by atoms with van der Waals surface area (Å²) in [4.78, 5) is 8.65. The highest BCUT2D eigenvalue weighted by atomic mass is 32.2. The average molecular weight is 286 g/mol. The van der Waals surface area contributed by atoms with Crippen molar-refractivity contribution in [2.45, 2.75) is 17.9 Å². The summed E-state index contributed by atoms with van der Waals surface area (Å²) in [6, 6.07) is 12.7. The fourth-order valence-electron chi connectivity index (χ4n) is 1.96. The Bertz CT molecular complexity index is 649. The van der Waals surface area contributed by atoms with Crippen LogP contribution in [-0.4, -0.2) is 15.7 Å². The Balaban J connectivity index is 1.57. The largest absolute Gasteiger partial charge is 0.235 e. The van der Waals surface area contributed by atoms with Crippen LogP contribution in [0.4, 0.5) is 0 Å². The Morgan fingerprint density at radius 2 is 1.95 bits per heavy atom. The fourth-order valence-corrected chi connectivity index (χ4v) is 3.85. The first-order chi connectivity index (χ1) is 9.43. The second kappa shape index (κ2) is 6.17. The van der Waals surface area contributed by atoms with Gasteiger partial charge in [0.15, 0.2) is 0 Å². The number of hydrogen-bond acceptors (Lipinski definition) is 4. The molecule has 0 bridgehead atoms. The van der Waals surface area contributed by atoms with E-state index < -0.39 is 0 Å². The quantitative estimate of drug-likeness (QED) is 0.394. The second-order valence-corrected chi connectivity index (χ2v) is 6.25. The topological polar surface area (TPSA) is 25.8 Å². The number of rotatable bonds is 5. The molecule has 0 aliphatic heterocycles. The standard InChI is InChI=1S/C15H14N2S2/c1-2-5-12(6-3-1)7-4-9-19-15-14-13(8-10-18-14)16-11-17-15/h1-3,5-6,8,10-11H,4,7,9H2. The Morgan fingerprint density at radius 1 is 1.05 bits per heavy atom. The summed E-state index contributed by atoms with van der Waals surface area (Å²) >= 11 is 3.56. The van der Waals surface area contributed by atoms with Gasteiger partial charge in [-0.2, -0.15) is 0 Å². The summed E-state index contributed by atoms with van der Waals surface area (Å²) in [5.41, 5.74) is 2.47. The van der Waals surface area contributed by atoms with E-state index in [0.29, 0.717) is 0 Å². The molecule has 0 saturated heterocycles. The Hall–Kier alpha value is -1.39. The van der Waals surface area contributed by atoms with E-state index in [1.54, 1.807) is 17.7 Å². The fraction of sp³-hybridized carbons (Fsp3) is 0.200. The van der Waals surface area contributed by atoms with Crippen molar-refractivity contribution >= 4 is 33.3 Å². The van der Waals surface area contributed by atoms with Gasteiger partial charge in [-0.15, -0.1) is 23.1 Å². The average Bonchev–Trinajstić information content (AvgIpc) is 2.94. The number of nitrogens with zero attached hydrogens (tertiary/aromatic N) is 2. The molecule has 0 amide bonds. The van der Waals surface area contributed by atoms with Crippen molar-refractivity contribution in [1.82, 2.24) is 9.97 Å². The van der Waals surface area contributed by atoms with Gasteiger partial charge in [0.1, 0.15) is 11.4 Å². The lowest BCUT2D eigenvalue weighted by Gasteiger charge is -2.02. The number of thiophene rings is 1.